The molecule has 1 aliphatic rings. The van der Waals surface area contributed by atoms with E-state index >= 15 is 0 Å². The maximum atomic E-state index is 10.6. The second kappa shape index (κ2) is 5.24. The van der Waals surface area contributed by atoms with Gasteiger partial charge in [0.1, 0.15) is 0 Å². The molecule has 5 heteroatoms. The molecule has 80 valence electrons. The van der Waals surface area contributed by atoms with E-state index in [1.165, 1.54) is 0 Å². The van der Waals surface area contributed by atoms with Gasteiger partial charge >= 0.3 is 0 Å². The molecule has 0 saturated heterocycles. The van der Waals surface area contributed by atoms with E-state index in [9.17, 15) is 4.79 Å². The average molecular weight is 215 g/mol. The Balaban J connectivity index is 2.28. The van der Waals surface area contributed by atoms with Gasteiger partial charge < -0.3 is 11.1 Å². The first-order chi connectivity index (χ1) is 6.61. The molecule has 1 amide bonds. The number of aliphatic imine (C=N–C) groups is 1. The van der Waals surface area contributed by atoms with Crippen molar-refractivity contribution in [3.05, 3.63) is 0 Å². The van der Waals surface area contributed by atoms with Crippen LogP contribution < -0.4 is 11.1 Å². The molecule has 1 aliphatic heterocycles. The molecular formula is C9H17N3OS. The van der Waals surface area contributed by atoms with Crippen molar-refractivity contribution in [1.29, 1.82) is 0 Å². The Morgan fingerprint density at radius 1 is 1.86 bits per heavy atom. The molecule has 0 radical (unpaired) electrons. The van der Waals surface area contributed by atoms with Gasteiger partial charge in [-0.2, -0.15) is 0 Å². The number of hydrogen-bond donors (Lipinski definition) is 2. The number of hydrogen-bond acceptors (Lipinski definition) is 4. The van der Waals surface area contributed by atoms with Gasteiger partial charge in [-0.1, -0.05) is 18.7 Å². The van der Waals surface area contributed by atoms with Gasteiger partial charge in [0.05, 0.1) is 6.54 Å². The summed E-state index contributed by atoms with van der Waals surface area (Å²) < 4.78 is 0. The Hall–Kier alpha value is -0.710. The SMILES string of the molecule is CCC1CN=C(NC(C)CC(N)=O)S1. The number of amidine groups is 1. The van der Waals surface area contributed by atoms with E-state index in [4.69, 9.17) is 5.73 Å². The summed E-state index contributed by atoms with van der Waals surface area (Å²) in [6, 6.07) is 0.0781. The molecule has 14 heavy (non-hydrogen) atoms. The summed E-state index contributed by atoms with van der Waals surface area (Å²) in [5.41, 5.74) is 5.10. The smallest absolute Gasteiger partial charge is 0.219 e. The zero-order chi connectivity index (χ0) is 10.6. The zero-order valence-corrected chi connectivity index (χ0v) is 9.43. The minimum absolute atomic E-state index is 0.0781. The fourth-order valence-corrected chi connectivity index (χ4v) is 2.32. The summed E-state index contributed by atoms with van der Waals surface area (Å²) in [6.45, 7) is 4.98. The van der Waals surface area contributed by atoms with Crippen LogP contribution in [0.1, 0.15) is 26.7 Å². The fourth-order valence-electron chi connectivity index (χ4n) is 1.27. The number of nitrogens with one attached hydrogen (secondary N) is 1. The Kier molecular flexibility index (Phi) is 4.25. The zero-order valence-electron chi connectivity index (χ0n) is 8.62. The number of nitrogens with two attached hydrogens (primary N) is 1. The number of thioether (sulfide) groups is 1. The first kappa shape index (κ1) is 11.4. The minimum atomic E-state index is -0.277. The molecule has 0 bridgehead atoms. The average Bonchev–Trinajstić information content (AvgIpc) is 2.50. The van der Waals surface area contributed by atoms with Gasteiger partial charge in [0.25, 0.3) is 0 Å². The van der Waals surface area contributed by atoms with Crippen molar-refractivity contribution in [2.45, 2.75) is 38.0 Å². The molecule has 3 N–H and O–H groups in total. The maximum absolute atomic E-state index is 10.6. The molecule has 1 rings (SSSR count). The summed E-state index contributed by atoms with van der Waals surface area (Å²) >= 11 is 1.75. The minimum Gasteiger partial charge on any atom is -0.370 e. The Morgan fingerprint density at radius 2 is 2.57 bits per heavy atom. The van der Waals surface area contributed by atoms with Crippen molar-refractivity contribution in [3.8, 4) is 0 Å². The summed E-state index contributed by atoms with van der Waals surface area (Å²) in [7, 11) is 0. The Labute approximate surface area is 88.7 Å². The maximum Gasteiger partial charge on any atom is 0.219 e. The molecule has 2 atom stereocenters. The lowest BCUT2D eigenvalue weighted by Crippen LogP contribution is -2.33. The molecule has 0 saturated carbocycles. The Bertz CT molecular complexity index is 242. The third-order valence-corrected chi connectivity index (χ3v) is 3.34. The number of rotatable bonds is 4. The predicted molar refractivity (Wildman–Crippen MR) is 60.4 cm³/mol. The lowest BCUT2D eigenvalue weighted by Gasteiger charge is -2.12. The third kappa shape index (κ3) is 3.57. The van der Waals surface area contributed by atoms with Gasteiger partial charge in [-0.25, -0.2) is 0 Å². The van der Waals surface area contributed by atoms with E-state index in [0.717, 1.165) is 18.1 Å². The lowest BCUT2D eigenvalue weighted by atomic mass is 10.2. The van der Waals surface area contributed by atoms with Crippen molar-refractivity contribution in [3.63, 3.8) is 0 Å². The van der Waals surface area contributed by atoms with E-state index < -0.39 is 0 Å². The monoisotopic (exact) mass is 215 g/mol. The van der Waals surface area contributed by atoms with Crippen LogP contribution in [-0.2, 0) is 4.79 Å². The van der Waals surface area contributed by atoms with Gasteiger partial charge in [0.2, 0.25) is 5.91 Å². The standard InChI is InChI=1S/C9H17N3OS/c1-3-7-5-11-9(14-7)12-6(2)4-8(10)13/h6-7H,3-5H2,1-2H3,(H2,10,13)(H,11,12). The Morgan fingerprint density at radius 3 is 3.07 bits per heavy atom. The van der Waals surface area contributed by atoms with Crippen LogP contribution in [0.3, 0.4) is 0 Å². The van der Waals surface area contributed by atoms with Crippen LogP contribution in [0, 0.1) is 0 Å². The van der Waals surface area contributed by atoms with Crippen LogP contribution in [0.2, 0.25) is 0 Å². The number of carbonyl (C=O) groups is 1. The highest BCUT2D eigenvalue weighted by molar-refractivity contribution is 8.14. The van der Waals surface area contributed by atoms with Crippen LogP contribution in [0.15, 0.2) is 4.99 Å². The molecule has 4 nitrogen and oxygen atoms in total. The van der Waals surface area contributed by atoms with E-state index in [1.54, 1.807) is 11.8 Å². The van der Waals surface area contributed by atoms with Crippen LogP contribution in [0.5, 0.6) is 0 Å². The summed E-state index contributed by atoms with van der Waals surface area (Å²) in [5, 5.41) is 4.73. The first-order valence-electron chi connectivity index (χ1n) is 4.87. The summed E-state index contributed by atoms with van der Waals surface area (Å²) in [4.78, 5) is 15.0. The molecule has 0 fully saturated rings. The molecule has 0 aromatic rings. The number of amides is 1. The highest BCUT2D eigenvalue weighted by atomic mass is 32.2. The largest absolute Gasteiger partial charge is 0.370 e. The predicted octanol–water partition coefficient (Wildman–Crippen LogP) is 0.721. The molecular weight excluding hydrogens is 198 g/mol. The van der Waals surface area contributed by atoms with Gasteiger partial charge in [0.15, 0.2) is 5.17 Å². The second-order valence-electron chi connectivity index (χ2n) is 3.51. The van der Waals surface area contributed by atoms with Gasteiger partial charge in [-0.05, 0) is 13.3 Å². The van der Waals surface area contributed by atoms with E-state index in [2.05, 4.69) is 17.2 Å². The van der Waals surface area contributed by atoms with Gasteiger partial charge in [-0.15, -0.1) is 0 Å². The van der Waals surface area contributed by atoms with E-state index in [-0.39, 0.29) is 11.9 Å². The molecule has 2 unspecified atom stereocenters. The van der Waals surface area contributed by atoms with Crippen molar-refractivity contribution < 1.29 is 4.79 Å². The van der Waals surface area contributed by atoms with Crippen LogP contribution in [0.4, 0.5) is 0 Å². The van der Waals surface area contributed by atoms with Crippen LogP contribution in [0.25, 0.3) is 0 Å². The van der Waals surface area contributed by atoms with Gasteiger partial charge in [-0.3, -0.25) is 9.79 Å². The summed E-state index contributed by atoms with van der Waals surface area (Å²) in [6.07, 6.45) is 1.49. The molecule has 0 aromatic carbocycles. The topological polar surface area (TPSA) is 67.5 Å². The van der Waals surface area contributed by atoms with Crippen LogP contribution in [-0.4, -0.2) is 28.9 Å². The van der Waals surface area contributed by atoms with Crippen molar-refractivity contribution in [1.82, 2.24) is 5.32 Å². The lowest BCUT2D eigenvalue weighted by molar-refractivity contribution is -0.118. The molecule has 1 heterocycles. The first-order valence-corrected chi connectivity index (χ1v) is 5.75. The van der Waals surface area contributed by atoms with Crippen molar-refractivity contribution in [2.24, 2.45) is 10.7 Å². The van der Waals surface area contributed by atoms with Gasteiger partial charge in [0, 0.05) is 17.7 Å². The third-order valence-electron chi connectivity index (χ3n) is 2.05. The normalized spacial score (nSPS) is 23.0. The van der Waals surface area contributed by atoms with E-state index in [0.29, 0.717) is 11.7 Å². The van der Waals surface area contributed by atoms with Crippen LogP contribution >= 0.6 is 11.8 Å². The van der Waals surface area contributed by atoms with E-state index in [1.807, 2.05) is 6.92 Å². The van der Waals surface area contributed by atoms with Crippen molar-refractivity contribution in [2.75, 3.05) is 6.54 Å². The fraction of sp³-hybridized carbons (Fsp3) is 0.778. The molecule has 0 aromatic heterocycles. The molecule has 0 aliphatic carbocycles. The highest BCUT2D eigenvalue weighted by Gasteiger charge is 2.19. The summed E-state index contributed by atoms with van der Waals surface area (Å²) in [5.74, 6) is -0.277. The quantitative estimate of drug-likeness (QED) is 0.726. The number of primary amides is 1. The molecule has 0 spiro atoms. The number of nitrogens with zero attached hydrogens (tertiary/aromatic N) is 1. The number of carbonyl (C=O) groups excluding carboxylic acids is 1. The second-order valence-corrected chi connectivity index (χ2v) is 4.80. The van der Waals surface area contributed by atoms with Crippen molar-refractivity contribution >= 4 is 22.8 Å². The highest BCUT2D eigenvalue weighted by Crippen LogP contribution is 2.22.